The Bertz CT molecular complexity index is 2210. The smallest absolute Gasteiger partial charge is 0.462 e. The zero-order valence-corrected chi connectivity index (χ0v) is 66.5. The van der Waals surface area contributed by atoms with Crippen molar-refractivity contribution < 1.29 is 42.1 Å². The Morgan fingerprint density at radius 2 is 0.540 bits per heavy atom. The summed E-state index contributed by atoms with van der Waals surface area (Å²) in [5.74, 6) is -0.785. The normalized spacial score (nSPS) is 13.8. The summed E-state index contributed by atoms with van der Waals surface area (Å²) in [5.41, 5.74) is 0. The van der Waals surface area contributed by atoms with Crippen molar-refractivity contribution in [3.05, 3.63) is 146 Å². The van der Waals surface area contributed by atoms with Gasteiger partial charge in [-0.1, -0.05) is 378 Å². The molecule has 0 amide bonds. The number of esters is 2. The standard InChI is InChI=1S/C90H156NO8P/c1-6-8-10-12-14-16-18-20-22-24-26-28-30-32-34-36-38-40-42-44-45-47-49-51-53-55-57-59-61-63-65-67-69-71-73-75-77-79-81-83-90(93)99-88(87-98-100(94,95)97-85-84-91(3,4)5)86-96-89(92)82-80-78-76-74-72-70-68-66-64-62-60-58-56-54-52-50-48-46-43-41-39-37-35-33-31-29-27-25-23-21-19-17-15-13-11-9-7-2/h8-11,14-17,20-23,26-29,32-35,38-41,88H,6-7,12-13,18-19,24-25,30-31,36-37,42-87H2,1-5H3/p+1/b10-8-,11-9-,16-14-,17-15-,22-20-,23-21-,28-26-,29-27-,34-32-,35-33-,40-38-,41-39-. The van der Waals surface area contributed by atoms with Crippen LogP contribution >= 0.6 is 7.82 Å². The lowest BCUT2D eigenvalue weighted by atomic mass is 10.0. The van der Waals surface area contributed by atoms with Crippen LogP contribution in [0.3, 0.4) is 0 Å². The van der Waals surface area contributed by atoms with E-state index in [9.17, 15) is 19.0 Å². The highest BCUT2D eigenvalue weighted by atomic mass is 31.2. The average Bonchev–Trinajstić information content (AvgIpc) is 1.07. The first-order chi connectivity index (χ1) is 49.0. The topological polar surface area (TPSA) is 108 Å². The largest absolute Gasteiger partial charge is 0.472 e. The molecular weight excluding hydrogens is 1250 g/mol. The second-order valence-corrected chi connectivity index (χ2v) is 30.2. The molecule has 0 fully saturated rings. The van der Waals surface area contributed by atoms with Gasteiger partial charge in [0.1, 0.15) is 19.8 Å². The molecule has 0 aromatic heterocycles. The van der Waals surface area contributed by atoms with Crippen molar-refractivity contribution in [2.45, 2.75) is 367 Å². The van der Waals surface area contributed by atoms with Crippen LogP contribution in [0.4, 0.5) is 0 Å². The fourth-order valence-electron chi connectivity index (χ4n) is 11.6. The van der Waals surface area contributed by atoms with Gasteiger partial charge < -0.3 is 18.9 Å². The summed E-state index contributed by atoms with van der Waals surface area (Å²) >= 11 is 0. The first-order valence-electron chi connectivity index (χ1n) is 41.6. The monoisotopic (exact) mass is 1410 g/mol. The molecule has 0 saturated carbocycles. The summed E-state index contributed by atoms with van der Waals surface area (Å²) in [4.78, 5) is 36.0. The minimum Gasteiger partial charge on any atom is -0.462 e. The van der Waals surface area contributed by atoms with Crippen LogP contribution in [-0.2, 0) is 32.7 Å². The quantitative estimate of drug-likeness (QED) is 0.0211. The van der Waals surface area contributed by atoms with E-state index in [1.54, 1.807) is 0 Å². The van der Waals surface area contributed by atoms with Gasteiger partial charge in [-0.2, -0.15) is 0 Å². The zero-order valence-electron chi connectivity index (χ0n) is 65.6. The maximum absolute atomic E-state index is 12.9. The van der Waals surface area contributed by atoms with E-state index >= 15 is 0 Å². The Balaban J connectivity index is 3.94. The first-order valence-corrected chi connectivity index (χ1v) is 43.1. The van der Waals surface area contributed by atoms with E-state index in [1.165, 1.54) is 218 Å². The number of hydrogen-bond acceptors (Lipinski definition) is 7. The lowest BCUT2D eigenvalue weighted by molar-refractivity contribution is -0.870. The molecule has 0 aromatic carbocycles. The zero-order chi connectivity index (χ0) is 72.5. The summed E-state index contributed by atoms with van der Waals surface area (Å²) in [5, 5.41) is 0. The lowest BCUT2D eigenvalue weighted by Crippen LogP contribution is -2.37. The highest BCUT2D eigenvalue weighted by molar-refractivity contribution is 7.47. The highest BCUT2D eigenvalue weighted by Gasteiger charge is 2.27. The molecule has 0 heterocycles. The molecule has 9 nitrogen and oxygen atoms in total. The SMILES string of the molecule is CC/C=C\C/C=C\C/C=C\C/C=C\C/C=C\C/C=C\CCCCCCCCCCCCCCCCCCCCCCC(=O)OC(COC(=O)CCCCCCCCCCCCCCCCCCCC/C=C\C/C=C\C/C=C\C/C=C\C/C=C\C/C=C\CC)COP(=O)(O)OCC[N+](C)(C)C. The molecule has 0 bridgehead atoms. The second-order valence-electron chi connectivity index (χ2n) is 28.7. The van der Waals surface area contributed by atoms with Crippen LogP contribution in [0.15, 0.2) is 146 Å². The molecular formula is C90H157NO8P+. The fraction of sp³-hybridized carbons (Fsp3) is 0.711. The molecule has 574 valence electrons. The maximum atomic E-state index is 12.9. The number of quaternary nitrogens is 1. The summed E-state index contributed by atoms with van der Waals surface area (Å²) in [6.45, 7) is 4.24. The number of unbranched alkanes of at least 4 members (excludes halogenated alkanes) is 38. The Morgan fingerprint density at radius 1 is 0.310 bits per heavy atom. The number of rotatable bonds is 76. The van der Waals surface area contributed by atoms with Crippen LogP contribution < -0.4 is 0 Å². The molecule has 0 radical (unpaired) electrons. The molecule has 10 heteroatoms. The third-order valence-corrected chi connectivity index (χ3v) is 18.8. The fourth-order valence-corrected chi connectivity index (χ4v) is 12.4. The summed E-state index contributed by atoms with van der Waals surface area (Å²) in [6, 6.07) is 0. The lowest BCUT2D eigenvalue weighted by Gasteiger charge is -2.24. The Labute approximate surface area is 618 Å². The van der Waals surface area contributed by atoms with Crippen molar-refractivity contribution in [1.29, 1.82) is 0 Å². The Kier molecular flexibility index (Phi) is 75.8. The number of likely N-dealkylation sites (N-methyl/N-ethyl adjacent to an activating group) is 1. The number of ether oxygens (including phenoxy) is 2. The van der Waals surface area contributed by atoms with Crippen LogP contribution in [0.2, 0.25) is 0 Å². The van der Waals surface area contributed by atoms with Crippen LogP contribution in [0.5, 0.6) is 0 Å². The minimum absolute atomic E-state index is 0.0294. The Morgan fingerprint density at radius 3 is 0.800 bits per heavy atom. The van der Waals surface area contributed by atoms with Crippen LogP contribution in [0.1, 0.15) is 361 Å². The first kappa shape index (κ1) is 95.9. The van der Waals surface area contributed by atoms with Crippen LogP contribution in [0.25, 0.3) is 0 Å². The van der Waals surface area contributed by atoms with Crippen LogP contribution in [0, 0.1) is 0 Å². The van der Waals surface area contributed by atoms with E-state index in [2.05, 4.69) is 160 Å². The molecule has 1 N–H and O–H groups in total. The van der Waals surface area contributed by atoms with Gasteiger partial charge in [-0.3, -0.25) is 18.6 Å². The van der Waals surface area contributed by atoms with Crippen molar-refractivity contribution in [2.75, 3.05) is 47.5 Å². The molecule has 0 aliphatic rings. The van der Waals surface area contributed by atoms with Crippen molar-refractivity contribution >= 4 is 19.8 Å². The number of phosphoric acid groups is 1. The number of allylic oxidation sites excluding steroid dienone is 24. The van der Waals surface area contributed by atoms with Crippen molar-refractivity contribution in [3.8, 4) is 0 Å². The van der Waals surface area contributed by atoms with Gasteiger partial charge in [0, 0.05) is 12.8 Å². The molecule has 0 spiro atoms. The van der Waals surface area contributed by atoms with Gasteiger partial charge in [0.25, 0.3) is 0 Å². The van der Waals surface area contributed by atoms with Gasteiger partial charge in [-0.15, -0.1) is 0 Å². The van der Waals surface area contributed by atoms with Gasteiger partial charge in [0.05, 0.1) is 27.7 Å². The Hall–Kier alpha value is -4.11. The van der Waals surface area contributed by atoms with Crippen molar-refractivity contribution in [1.82, 2.24) is 0 Å². The van der Waals surface area contributed by atoms with E-state index in [4.69, 9.17) is 18.5 Å². The number of hydrogen-bond donors (Lipinski definition) is 1. The third kappa shape index (κ3) is 82.8. The van der Waals surface area contributed by atoms with Gasteiger partial charge >= 0.3 is 19.8 Å². The number of phosphoric ester groups is 1. The molecule has 2 atom stereocenters. The molecule has 2 unspecified atom stereocenters. The molecule has 0 aliphatic carbocycles. The van der Waals surface area contributed by atoms with Gasteiger partial charge in [0.15, 0.2) is 6.10 Å². The predicted octanol–water partition coefficient (Wildman–Crippen LogP) is 28.1. The van der Waals surface area contributed by atoms with Crippen molar-refractivity contribution in [3.63, 3.8) is 0 Å². The molecule has 0 aromatic rings. The maximum Gasteiger partial charge on any atom is 0.472 e. The molecule has 0 rings (SSSR count). The van der Waals surface area contributed by atoms with Gasteiger partial charge in [-0.25, -0.2) is 4.57 Å². The average molecular weight is 1410 g/mol. The minimum atomic E-state index is -4.40. The highest BCUT2D eigenvalue weighted by Crippen LogP contribution is 2.43. The summed E-state index contributed by atoms with van der Waals surface area (Å²) < 4.78 is 34.9. The van der Waals surface area contributed by atoms with E-state index < -0.39 is 26.5 Å². The van der Waals surface area contributed by atoms with Gasteiger partial charge in [0.2, 0.25) is 0 Å². The molecule has 0 saturated heterocycles. The predicted molar refractivity (Wildman–Crippen MR) is 436 cm³/mol. The third-order valence-electron chi connectivity index (χ3n) is 17.9. The van der Waals surface area contributed by atoms with E-state index in [0.29, 0.717) is 17.4 Å². The van der Waals surface area contributed by atoms with E-state index in [1.807, 2.05) is 21.1 Å². The second kappa shape index (κ2) is 79.0. The van der Waals surface area contributed by atoms with Crippen molar-refractivity contribution in [2.24, 2.45) is 0 Å². The molecule has 100 heavy (non-hydrogen) atoms. The summed E-state index contributed by atoms with van der Waals surface area (Å²) in [6.07, 6.45) is 117. The van der Waals surface area contributed by atoms with E-state index in [-0.39, 0.29) is 32.0 Å². The van der Waals surface area contributed by atoms with Gasteiger partial charge in [-0.05, 0) is 116 Å². The van der Waals surface area contributed by atoms with E-state index in [0.717, 1.165) is 109 Å². The number of carbonyl (C=O) groups is 2. The molecule has 0 aliphatic heterocycles. The van der Waals surface area contributed by atoms with Crippen LogP contribution in [-0.4, -0.2) is 74.9 Å². The number of carbonyl (C=O) groups excluding carboxylic acids is 2. The summed E-state index contributed by atoms with van der Waals surface area (Å²) in [7, 11) is 1.48. The number of nitrogens with zero attached hydrogens (tertiary/aromatic N) is 1.